The Labute approximate surface area is 219 Å². The summed E-state index contributed by atoms with van der Waals surface area (Å²) in [5, 5.41) is 19.8. The van der Waals surface area contributed by atoms with E-state index in [9.17, 15) is 32.2 Å². The maximum absolute atomic E-state index is 13.5. The van der Waals surface area contributed by atoms with E-state index in [1.54, 1.807) is 17.5 Å². The molecule has 0 saturated heterocycles. The fraction of sp³-hybridized carbons (Fsp3) is 0.0870. The standard InChI is InChI=1S/C23H19FN5O6PS2/c1-38(34,35)28-15-8-9-16-17(11-15)36(32,33)27-22(25-16)19-21(30)20(18-3-2-10-37-18)26-29(23(19)31)12-13-4-6-14(24)7-5-13/h2-11,28,30H,12H2,1H3,(H2,25,27,32,33). The number of hydrogen-bond donors (Lipinski definition) is 4. The smallest absolute Gasteiger partial charge is 0.346 e. The topological polar surface area (TPSA) is 163 Å². The van der Waals surface area contributed by atoms with Crippen molar-refractivity contribution < 1.29 is 27.4 Å². The quantitative estimate of drug-likeness (QED) is 0.255. The zero-order chi connectivity index (χ0) is 27.2. The molecule has 1 aliphatic rings. The Bertz CT molecular complexity index is 1810. The van der Waals surface area contributed by atoms with Crippen molar-refractivity contribution >= 4 is 51.4 Å². The molecule has 0 aliphatic carbocycles. The van der Waals surface area contributed by atoms with Crippen LogP contribution in [0.1, 0.15) is 11.1 Å². The van der Waals surface area contributed by atoms with Gasteiger partial charge in [-0.3, -0.25) is 14.1 Å². The molecule has 0 fully saturated rings. The third-order valence-electron chi connectivity index (χ3n) is 5.47. The van der Waals surface area contributed by atoms with E-state index < -0.39 is 34.7 Å². The first-order valence-electron chi connectivity index (χ1n) is 10.9. The van der Waals surface area contributed by atoms with Crippen molar-refractivity contribution in [2.75, 3.05) is 16.3 Å². The number of sulfonamides is 1. The molecule has 2 aromatic heterocycles. The highest BCUT2D eigenvalue weighted by Gasteiger charge is 2.34. The number of amidine groups is 1. The first-order valence-corrected chi connectivity index (χ1v) is 15.2. The van der Waals surface area contributed by atoms with Gasteiger partial charge in [-0.1, -0.05) is 18.2 Å². The number of aromatic nitrogens is 2. The summed E-state index contributed by atoms with van der Waals surface area (Å²) in [6, 6.07) is 12.7. The SMILES string of the molecule is CS(=O)(=O)Nc1ccc2c(c1)P(=O)(O)N=C(c1c(O)c(-c3cccs3)nn(Cc3ccc(F)cc3)c1=O)N2. The van der Waals surface area contributed by atoms with Gasteiger partial charge in [-0.2, -0.15) is 9.86 Å². The van der Waals surface area contributed by atoms with Gasteiger partial charge in [0.1, 0.15) is 17.1 Å². The zero-order valence-corrected chi connectivity index (χ0v) is 22.0. The average Bonchev–Trinajstić information content (AvgIpc) is 3.36. The van der Waals surface area contributed by atoms with Gasteiger partial charge >= 0.3 is 7.52 Å². The van der Waals surface area contributed by atoms with Crippen molar-refractivity contribution in [2.45, 2.75) is 6.54 Å². The van der Waals surface area contributed by atoms with E-state index in [4.69, 9.17) is 0 Å². The summed E-state index contributed by atoms with van der Waals surface area (Å²) < 4.78 is 56.9. The lowest BCUT2D eigenvalue weighted by atomic mass is 10.1. The molecule has 1 atom stereocenters. The van der Waals surface area contributed by atoms with Gasteiger partial charge in [0.25, 0.3) is 5.56 Å². The van der Waals surface area contributed by atoms with Crippen LogP contribution in [0.4, 0.5) is 15.8 Å². The molecule has 196 valence electrons. The highest BCUT2D eigenvalue weighted by atomic mass is 32.2. The Hall–Kier alpha value is -3.84. The minimum atomic E-state index is -4.52. The minimum Gasteiger partial charge on any atom is -0.505 e. The molecule has 5 rings (SSSR count). The summed E-state index contributed by atoms with van der Waals surface area (Å²) in [5.74, 6) is -1.35. The molecule has 1 aliphatic heterocycles. The number of fused-ring (bicyclic) bond motifs is 1. The van der Waals surface area contributed by atoms with Gasteiger partial charge in [0, 0.05) is 5.69 Å². The van der Waals surface area contributed by atoms with Crippen LogP contribution in [-0.2, 0) is 21.1 Å². The van der Waals surface area contributed by atoms with Gasteiger partial charge in [0.15, 0.2) is 11.6 Å². The summed E-state index contributed by atoms with van der Waals surface area (Å²) in [4.78, 5) is 24.8. The number of nitrogens with zero attached hydrogens (tertiary/aromatic N) is 3. The molecular weight excluding hydrogens is 556 g/mol. The number of anilines is 2. The minimum absolute atomic E-state index is 0.0486. The van der Waals surface area contributed by atoms with E-state index in [0.717, 1.165) is 10.9 Å². The molecule has 3 heterocycles. The van der Waals surface area contributed by atoms with Crippen molar-refractivity contribution in [3.63, 3.8) is 0 Å². The highest BCUT2D eigenvalue weighted by Crippen LogP contribution is 2.47. The third-order valence-corrected chi connectivity index (χ3v) is 8.42. The molecule has 1 unspecified atom stereocenters. The summed E-state index contributed by atoms with van der Waals surface area (Å²) in [6.45, 7) is -0.0774. The van der Waals surface area contributed by atoms with Gasteiger partial charge in [-0.05, 0) is 47.3 Å². The van der Waals surface area contributed by atoms with Gasteiger partial charge in [-0.15, -0.1) is 11.3 Å². The van der Waals surface area contributed by atoms with Crippen LogP contribution in [0.2, 0.25) is 0 Å². The Morgan fingerprint density at radius 2 is 1.92 bits per heavy atom. The molecule has 2 aromatic carbocycles. The third kappa shape index (κ3) is 5.11. The van der Waals surface area contributed by atoms with Crippen LogP contribution in [0.15, 0.2) is 69.5 Å². The maximum atomic E-state index is 13.5. The lowest BCUT2D eigenvalue weighted by Gasteiger charge is -2.23. The zero-order valence-electron chi connectivity index (χ0n) is 19.5. The van der Waals surface area contributed by atoms with Crippen LogP contribution in [-0.4, -0.2) is 40.3 Å². The molecule has 0 saturated carbocycles. The number of thiophene rings is 1. The normalized spacial score (nSPS) is 16.9. The Morgan fingerprint density at radius 3 is 2.58 bits per heavy atom. The second-order valence-corrected chi connectivity index (χ2v) is 12.8. The summed E-state index contributed by atoms with van der Waals surface area (Å²) in [6.07, 6.45) is 0.938. The second-order valence-electron chi connectivity index (χ2n) is 8.36. The van der Waals surface area contributed by atoms with E-state index in [2.05, 4.69) is 19.9 Å². The van der Waals surface area contributed by atoms with Crippen molar-refractivity contribution in [1.29, 1.82) is 0 Å². The number of halogens is 1. The van der Waals surface area contributed by atoms with Gasteiger partial charge < -0.3 is 15.3 Å². The molecule has 0 spiro atoms. The predicted molar refractivity (Wildman–Crippen MR) is 144 cm³/mol. The molecule has 4 N–H and O–H groups in total. The van der Waals surface area contributed by atoms with Gasteiger partial charge in [0.2, 0.25) is 10.0 Å². The Balaban J connectivity index is 1.65. The average molecular weight is 576 g/mol. The van der Waals surface area contributed by atoms with Crippen LogP contribution in [0.25, 0.3) is 10.6 Å². The van der Waals surface area contributed by atoms with Crippen LogP contribution >= 0.6 is 18.9 Å². The number of hydrogen-bond acceptors (Lipinski definition) is 8. The van der Waals surface area contributed by atoms with Crippen LogP contribution in [0, 0.1) is 5.82 Å². The van der Waals surface area contributed by atoms with Crippen molar-refractivity contribution in [2.24, 2.45) is 4.76 Å². The van der Waals surface area contributed by atoms with Crippen LogP contribution < -0.4 is 20.9 Å². The van der Waals surface area contributed by atoms with Gasteiger partial charge in [0.05, 0.1) is 28.7 Å². The molecule has 38 heavy (non-hydrogen) atoms. The first-order chi connectivity index (χ1) is 17.9. The predicted octanol–water partition coefficient (Wildman–Crippen LogP) is 2.92. The number of rotatable bonds is 6. The van der Waals surface area contributed by atoms with Crippen LogP contribution in [0.5, 0.6) is 5.75 Å². The fourth-order valence-corrected chi connectivity index (χ4v) is 6.38. The number of nitrogens with one attached hydrogen (secondary N) is 2. The largest absolute Gasteiger partial charge is 0.505 e. The van der Waals surface area contributed by atoms with E-state index in [0.29, 0.717) is 10.4 Å². The molecular formula is C23H19FN5O6PS2. The van der Waals surface area contributed by atoms with E-state index >= 15 is 0 Å². The summed E-state index contributed by atoms with van der Waals surface area (Å²) in [7, 11) is -8.17. The number of benzene rings is 2. The second kappa shape index (κ2) is 9.48. The Kier molecular flexibility index (Phi) is 6.43. The lowest BCUT2D eigenvalue weighted by molar-refractivity contribution is 0.464. The molecule has 4 aromatic rings. The summed E-state index contributed by atoms with van der Waals surface area (Å²) in [5.41, 5.74) is -0.446. The monoisotopic (exact) mass is 575 g/mol. The Morgan fingerprint density at radius 1 is 1.18 bits per heavy atom. The maximum Gasteiger partial charge on any atom is 0.346 e. The molecule has 15 heteroatoms. The van der Waals surface area contributed by atoms with Crippen molar-refractivity contribution in [3.05, 3.63) is 87.3 Å². The van der Waals surface area contributed by atoms with Crippen molar-refractivity contribution in [3.8, 4) is 16.3 Å². The molecule has 0 bridgehead atoms. The molecule has 0 amide bonds. The molecule has 0 radical (unpaired) electrons. The van der Waals surface area contributed by atoms with E-state index in [1.165, 1.54) is 53.8 Å². The first kappa shape index (κ1) is 25.8. The summed E-state index contributed by atoms with van der Waals surface area (Å²) >= 11 is 1.25. The molecule has 11 nitrogen and oxygen atoms in total. The van der Waals surface area contributed by atoms with E-state index in [1.807, 2.05) is 0 Å². The van der Waals surface area contributed by atoms with Crippen LogP contribution in [0.3, 0.4) is 0 Å². The lowest BCUT2D eigenvalue weighted by Crippen LogP contribution is -2.34. The highest BCUT2D eigenvalue weighted by molar-refractivity contribution is 7.92. The van der Waals surface area contributed by atoms with Gasteiger partial charge in [-0.25, -0.2) is 17.5 Å². The fourth-order valence-electron chi connectivity index (χ4n) is 3.84. The number of aromatic hydroxyl groups is 1. The van der Waals surface area contributed by atoms with E-state index in [-0.39, 0.29) is 40.3 Å². The van der Waals surface area contributed by atoms with Crippen molar-refractivity contribution in [1.82, 2.24) is 9.78 Å².